The molecule has 33 heavy (non-hydrogen) atoms. The number of carbonyl (C=O) groups excluding carboxylic acids is 1. The van der Waals surface area contributed by atoms with Crippen molar-refractivity contribution < 1.29 is 14.6 Å². The lowest BCUT2D eigenvalue weighted by Crippen LogP contribution is -2.28. The van der Waals surface area contributed by atoms with E-state index in [0.29, 0.717) is 17.2 Å². The maximum absolute atomic E-state index is 12.3. The van der Waals surface area contributed by atoms with Gasteiger partial charge in [0.25, 0.3) is 0 Å². The standard InChI is InChI=1S/C25H25N5O3/c1-15-11-28-23(13-26-15)22-8-17-9-25(33-19-6-5-18(14-31)27-12-19)20(10-21(17)29-22)24-4-3-7-30(24)16(2)32/h5-6,8-13,24,29,31H,3-4,7,14H2,1-2H3/t24-/m1/s1. The predicted octanol–water partition coefficient (Wildman–Crippen LogP) is 4.30. The first kappa shape index (κ1) is 21.1. The van der Waals surface area contributed by atoms with Crippen LogP contribution in [0.3, 0.4) is 0 Å². The Morgan fingerprint density at radius 1 is 1.18 bits per heavy atom. The molecular formula is C25H25N5O3. The molecule has 1 aromatic carbocycles. The minimum absolute atomic E-state index is 0.0552. The third-order valence-corrected chi connectivity index (χ3v) is 6.01. The summed E-state index contributed by atoms with van der Waals surface area (Å²) in [4.78, 5) is 30.7. The van der Waals surface area contributed by atoms with Crippen molar-refractivity contribution >= 4 is 16.8 Å². The van der Waals surface area contributed by atoms with E-state index in [2.05, 4.69) is 26.0 Å². The number of carbonyl (C=O) groups is 1. The number of hydrogen-bond donors (Lipinski definition) is 2. The number of aromatic nitrogens is 4. The molecule has 2 N–H and O–H groups in total. The molecule has 4 heterocycles. The van der Waals surface area contributed by atoms with E-state index in [4.69, 9.17) is 4.74 Å². The lowest BCUT2D eigenvalue weighted by atomic mass is 10.0. The van der Waals surface area contributed by atoms with E-state index in [0.717, 1.165) is 52.9 Å². The van der Waals surface area contributed by atoms with Crippen molar-refractivity contribution in [2.75, 3.05) is 6.54 Å². The number of benzene rings is 1. The van der Waals surface area contributed by atoms with E-state index in [1.165, 1.54) is 0 Å². The molecule has 1 aliphatic rings. The van der Waals surface area contributed by atoms with Gasteiger partial charge in [0.15, 0.2) is 0 Å². The largest absolute Gasteiger partial charge is 0.455 e. The number of likely N-dealkylation sites (tertiary alicyclic amines) is 1. The highest BCUT2D eigenvalue weighted by atomic mass is 16.5. The summed E-state index contributed by atoms with van der Waals surface area (Å²) < 4.78 is 6.26. The van der Waals surface area contributed by atoms with Crippen LogP contribution in [0, 0.1) is 6.92 Å². The number of aryl methyl sites for hydroxylation is 1. The van der Waals surface area contributed by atoms with Crippen molar-refractivity contribution in [1.82, 2.24) is 24.8 Å². The lowest BCUT2D eigenvalue weighted by Gasteiger charge is -2.25. The second-order valence-corrected chi connectivity index (χ2v) is 8.32. The fraction of sp³-hybridized carbons (Fsp3) is 0.280. The van der Waals surface area contributed by atoms with Crippen LogP contribution in [0.5, 0.6) is 11.5 Å². The third kappa shape index (κ3) is 4.17. The molecule has 0 spiro atoms. The summed E-state index contributed by atoms with van der Waals surface area (Å²) in [5, 5.41) is 10.2. The highest BCUT2D eigenvalue weighted by Gasteiger charge is 2.31. The van der Waals surface area contributed by atoms with E-state index in [-0.39, 0.29) is 18.6 Å². The Morgan fingerprint density at radius 3 is 2.76 bits per heavy atom. The zero-order valence-electron chi connectivity index (χ0n) is 18.6. The van der Waals surface area contributed by atoms with Gasteiger partial charge in [-0.1, -0.05) is 0 Å². The average molecular weight is 444 g/mol. The van der Waals surface area contributed by atoms with Crippen LogP contribution in [0.25, 0.3) is 22.3 Å². The average Bonchev–Trinajstić information content (AvgIpc) is 3.46. The molecule has 1 atom stereocenters. The van der Waals surface area contributed by atoms with Crippen molar-refractivity contribution in [2.24, 2.45) is 0 Å². The van der Waals surface area contributed by atoms with Crippen molar-refractivity contribution in [2.45, 2.75) is 39.3 Å². The number of aliphatic hydroxyl groups excluding tert-OH is 1. The highest BCUT2D eigenvalue weighted by Crippen LogP contribution is 2.41. The number of nitrogens with one attached hydrogen (secondary N) is 1. The van der Waals surface area contributed by atoms with E-state index in [1.54, 1.807) is 37.6 Å². The van der Waals surface area contributed by atoms with Crippen LogP contribution in [0.4, 0.5) is 0 Å². The van der Waals surface area contributed by atoms with Gasteiger partial charge in [-0.25, -0.2) is 0 Å². The molecule has 0 bridgehead atoms. The fourth-order valence-corrected chi connectivity index (χ4v) is 4.35. The number of H-pyrrole nitrogens is 1. The van der Waals surface area contributed by atoms with E-state index in [1.807, 2.05) is 24.0 Å². The summed E-state index contributed by atoms with van der Waals surface area (Å²) in [6.07, 6.45) is 6.92. The lowest BCUT2D eigenvalue weighted by molar-refractivity contribution is -0.129. The molecule has 0 saturated carbocycles. The van der Waals surface area contributed by atoms with E-state index >= 15 is 0 Å². The van der Waals surface area contributed by atoms with Gasteiger partial charge >= 0.3 is 0 Å². The summed E-state index contributed by atoms with van der Waals surface area (Å²) in [5.41, 5.74) is 4.95. The number of rotatable bonds is 5. The van der Waals surface area contributed by atoms with Crippen LogP contribution >= 0.6 is 0 Å². The number of hydrogen-bond acceptors (Lipinski definition) is 6. The first-order valence-electron chi connectivity index (χ1n) is 11.0. The molecule has 1 saturated heterocycles. The van der Waals surface area contributed by atoms with Gasteiger partial charge in [0.2, 0.25) is 5.91 Å². The molecule has 1 amide bonds. The summed E-state index contributed by atoms with van der Waals surface area (Å²) in [7, 11) is 0. The van der Waals surface area contributed by atoms with Gasteiger partial charge in [0, 0.05) is 36.1 Å². The molecule has 1 fully saturated rings. The SMILES string of the molecule is CC(=O)N1CCC[C@@H]1c1cc2[nH]c(-c3cnc(C)cn3)cc2cc1Oc1ccc(CO)nc1. The summed E-state index contributed by atoms with van der Waals surface area (Å²) in [5.74, 6) is 1.31. The molecule has 0 unspecified atom stereocenters. The van der Waals surface area contributed by atoms with Crippen molar-refractivity contribution in [1.29, 1.82) is 0 Å². The molecule has 0 aliphatic carbocycles. The van der Waals surface area contributed by atoms with Crippen molar-refractivity contribution in [3.63, 3.8) is 0 Å². The van der Waals surface area contributed by atoms with Gasteiger partial charge in [0.05, 0.1) is 42.1 Å². The molecule has 4 aromatic rings. The minimum atomic E-state index is -0.124. The number of nitrogens with zero attached hydrogens (tertiary/aromatic N) is 4. The number of pyridine rings is 1. The molecule has 8 heteroatoms. The Hall–Kier alpha value is -3.78. The second kappa shape index (κ2) is 8.63. The zero-order chi connectivity index (χ0) is 22.9. The maximum atomic E-state index is 12.3. The van der Waals surface area contributed by atoms with Gasteiger partial charge in [-0.15, -0.1) is 0 Å². The van der Waals surface area contributed by atoms with Gasteiger partial charge in [-0.3, -0.25) is 19.7 Å². The maximum Gasteiger partial charge on any atom is 0.219 e. The number of amides is 1. The summed E-state index contributed by atoms with van der Waals surface area (Å²) >= 11 is 0. The van der Waals surface area contributed by atoms with Crippen LogP contribution in [0.1, 0.15) is 42.8 Å². The van der Waals surface area contributed by atoms with E-state index < -0.39 is 0 Å². The second-order valence-electron chi connectivity index (χ2n) is 8.32. The molecule has 1 aliphatic heterocycles. The molecular weight excluding hydrogens is 418 g/mol. The topological polar surface area (TPSA) is 104 Å². The molecule has 3 aromatic heterocycles. The van der Waals surface area contributed by atoms with Crippen LogP contribution in [-0.2, 0) is 11.4 Å². The number of aliphatic hydroxyl groups is 1. The highest BCUT2D eigenvalue weighted by molar-refractivity contribution is 5.88. The zero-order valence-corrected chi connectivity index (χ0v) is 18.6. The van der Waals surface area contributed by atoms with Gasteiger partial charge < -0.3 is 19.7 Å². The monoisotopic (exact) mass is 443 g/mol. The number of ether oxygens (including phenoxy) is 1. The normalized spacial score (nSPS) is 15.8. The van der Waals surface area contributed by atoms with Crippen molar-refractivity contribution in [3.05, 3.63) is 65.9 Å². The van der Waals surface area contributed by atoms with Crippen LogP contribution < -0.4 is 4.74 Å². The van der Waals surface area contributed by atoms with Gasteiger partial charge in [-0.2, -0.15) is 0 Å². The molecule has 8 nitrogen and oxygen atoms in total. The predicted molar refractivity (Wildman–Crippen MR) is 124 cm³/mol. The summed E-state index contributed by atoms with van der Waals surface area (Å²) in [6.45, 7) is 4.13. The number of fused-ring (bicyclic) bond motifs is 1. The van der Waals surface area contributed by atoms with Crippen LogP contribution in [0.2, 0.25) is 0 Å². The Morgan fingerprint density at radius 2 is 2.06 bits per heavy atom. The fourth-order valence-electron chi connectivity index (χ4n) is 4.35. The Kier molecular flexibility index (Phi) is 5.51. The van der Waals surface area contributed by atoms with Gasteiger partial charge in [0.1, 0.15) is 17.2 Å². The number of aromatic amines is 1. The van der Waals surface area contributed by atoms with Gasteiger partial charge in [-0.05, 0) is 50.1 Å². The molecule has 168 valence electrons. The Labute approximate surface area is 191 Å². The Bertz CT molecular complexity index is 1300. The van der Waals surface area contributed by atoms with E-state index in [9.17, 15) is 9.90 Å². The van der Waals surface area contributed by atoms with Crippen molar-refractivity contribution in [3.8, 4) is 22.9 Å². The smallest absolute Gasteiger partial charge is 0.219 e. The van der Waals surface area contributed by atoms with Crippen LogP contribution in [0.15, 0.2) is 48.9 Å². The molecule has 0 radical (unpaired) electrons. The first-order chi connectivity index (χ1) is 16.0. The summed E-state index contributed by atoms with van der Waals surface area (Å²) in [6, 6.07) is 9.54. The molecule has 5 rings (SSSR count). The van der Waals surface area contributed by atoms with Crippen LogP contribution in [-0.4, -0.2) is 42.4 Å². The minimum Gasteiger partial charge on any atom is -0.455 e. The third-order valence-electron chi connectivity index (χ3n) is 6.01. The first-order valence-corrected chi connectivity index (χ1v) is 11.0. The Balaban J connectivity index is 1.59. The quantitative estimate of drug-likeness (QED) is 0.477.